The van der Waals surface area contributed by atoms with E-state index in [0.717, 1.165) is 36.1 Å². The number of hydrogen-bond acceptors (Lipinski definition) is 4. The zero-order valence-corrected chi connectivity index (χ0v) is 21.0. The lowest BCUT2D eigenvalue weighted by molar-refractivity contribution is 0.720. The lowest BCUT2D eigenvalue weighted by atomic mass is 10.1. The molecule has 1 heterocycles. The van der Waals surface area contributed by atoms with Crippen LogP contribution in [0.15, 0.2) is 59.6 Å². The van der Waals surface area contributed by atoms with E-state index in [0.29, 0.717) is 30.0 Å². The van der Waals surface area contributed by atoms with Gasteiger partial charge in [-0.1, -0.05) is 41.9 Å². The molecule has 9 heteroatoms. The molecule has 0 radical (unpaired) electrons. The van der Waals surface area contributed by atoms with Crippen LogP contribution < -0.4 is 16.4 Å². The Morgan fingerprint density at radius 3 is 2.56 bits per heavy atom. The summed E-state index contributed by atoms with van der Waals surface area (Å²) in [6.07, 6.45) is 2.28. The van der Waals surface area contributed by atoms with E-state index in [1.54, 1.807) is 11.7 Å². The number of nitriles is 1. The number of aliphatic imine (C=N–C) groups is 1. The molecule has 0 aliphatic heterocycles. The monoisotopic (exact) mass is 563 g/mol. The number of nitrogen functional groups attached to an aromatic ring is 1. The van der Waals surface area contributed by atoms with E-state index < -0.39 is 0 Å². The summed E-state index contributed by atoms with van der Waals surface area (Å²) in [4.78, 5) is 4.25. The molecule has 0 aliphatic rings. The van der Waals surface area contributed by atoms with Gasteiger partial charge in [0.2, 0.25) is 0 Å². The second-order valence-electron chi connectivity index (χ2n) is 6.98. The number of anilines is 1. The van der Waals surface area contributed by atoms with E-state index >= 15 is 0 Å². The molecule has 0 fully saturated rings. The van der Waals surface area contributed by atoms with Crippen molar-refractivity contribution in [2.24, 2.45) is 4.99 Å². The predicted octanol–water partition coefficient (Wildman–Crippen LogP) is 3.94. The highest BCUT2D eigenvalue weighted by atomic mass is 127. The molecule has 0 amide bonds. The third-order valence-electron chi connectivity index (χ3n) is 4.81. The molecule has 7 nitrogen and oxygen atoms in total. The van der Waals surface area contributed by atoms with Gasteiger partial charge in [0.15, 0.2) is 5.96 Å². The quantitative estimate of drug-likeness (QED) is 0.167. The Bertz CT molecular complexity index is 1070. The summed E-state index contributed by atoms with van der Waals surface area (Å²) in [7, 11) is 1.74. The second-order valence-corrected chi connectivity index (χ2v) is 7.41. The lowest BCUT2D eigenvalue weighted by Gasteiger charge is -2.11. The fraction of sp³-hybridized carbons (Fsp3) is 0.261. The zero-order valence-electron chi connectivity index (χ0n) is 17.9. The highest BCUT2D eigenvalue weighted by molar-refractivity contribution is 14.0. The molecule has 4 N–H and O–H groups in total. The van der Waals surface area contributed by atoms with E-state index in [-0.39, 0.29) is 24.0 Å². The van der Waals surface area contributed by atoms with E-state index in [4.69, 9.17) is 17.3 Å². The van der Waals surface area contributed by atoms with Gasteiger partial charge in [0.05, 0.1) is 11.4 Å². The normalized spacial score (nSPS) is 10.8. The highest BCUT2D eigenvalue weighted by Crippen LogP contribution is 2.21. The summed E-state index contributed by atoms with van der Waals surface area (Å²) >= 11 is 6.03. The molecule has 0 atom stereocenters. The van der Waals surface area contributed by atoms with E-state index in [1.165, 1.54) is 5.56 Å². The van der Waals surface area contributed by atoms with Crippen molar-refractivity contribution < 1.29 is 0 Å². The third-order valence-corrected chi connectivity index (χ3v) is 5.04. The van der Waals surface area contributed by atoms with Gasteiger partial charge in [0, 0.05) is 25.2 Å². The summed E-state index contributed by atoms with van der Waals surface area (Å²) in [6.45, 7) is 1.44. The summed E-state index contributed by atoms with van der Waals surface area (Å²) in [6, 6.07) is 19.6. The summed E-state index contributed by atoms with van der Waals surface area (Å²) in [5, 5.41) is 21.4. The molecular weight excluding hydrogens is 537 g/mol. The topological polar surface area (TPSA) is 104 Å². The SMILES string of the molecule is CN=C(NCCCc1nn(-c2ccccc2)c(N)c1C#N)NCCc1cccc(Cl)c1.I. The first-order chi connectivity index (χ1) is 15.1. The van der Waals surface area contributed by atoms with Crippen LogP contribution in [0.3, 0.4) is 0 Å². The number of nitrogens with one attached hydrogen (secondary N) is 2. The van der Waals surface area contributed by atoms with Crippen LogP contribution in [0.5, 0.6) is 0 Å². The minimum absolute atomic E-state index is 0. The van der Waals surface area contributed by atoms with Crippen LogP contribution in [0.1, 0.15) is 23.2 Å². The number of benzene rings is 2. The van der Waals surface area contributed by atoms with Gasteiger partial charge < -0.3 is 16.4 Å². The lowest BCUT2D eigenvalue weighted by Crippen LogP contribution is -2.38. The molecular formula is C23H27ClIN7. The minimum Gasteiger partial charge on any atom is -0.382 e. The first-order valence-electron chi connectivity index (χ1n) is 10.1. The number of halogens is 2. The van der Waals surface area contributed by atoms with Crippen LogP contribution in [0, 0.1) is 11.3 Å². The molecule has 2 aromatic carbocycles. The Kier molecular flexibility index (Phi) is 10.3. The number of aryl methyl sites for hydroxylation is 1. The van der Waals surface area contributed by atoms with Crippen LogP contribution in [-0.4, -0.2) is 35.9 Å². The maximum atomic E-state index is 9.51. The molecule has 168 valence electrons. The summed E-state index contributed by atoms with van der Waals surface area (Å²) < 4.78 is 1.62. The number of aromatic nitrogens is 2. The van der Waals surface area contributed by atoms with Gasteiger partial charge in [-0.15, -0.1) is 24.0 Å². The fourth-order valence-electron chi connectivity index (χ4n) is 3.24. The van der Waals surface area contributed by atoms with Crippen molar-refractivity contribution in [1.29, 1.82) is 5.26 Å². The average Bonchev–Trinajstić information content (AvgIpc) is 3.11. The van der Waals surface area contributed by atoms with Gasteiger partial charge in [0.1, 0.15) is 17.5 Å². The minimum atomic E-state index is 0. The van der Waals surface area contributed by atoms with E-state index in [1.807, 2.05) is 48.5 Å². The highest BCUT2D eigenvalue weighted by Gasteiger charge is 2.16. The van der Waals surface area contributed by atoms with Gasteiger partial charge in [-0.25, -0.2) is 4.68 Å². The Morgan fingerprint density at radius 2 is 1.88 bits per heavy atom. The second kappa shape index (κ2) is 12.9. The number of hydrogen-bond donors (Lipinski definition) is 3. The fourth-order valence-corrected chi connectivity index (χ4v) is 3.45. The molecule has 0 saturated heterocycles. The van der Waals surface area contributed by atoms with E-state index in [2.05, 4.69) is 32.9 Å². The van der Waals surface area contributed by atoms with Crippen LogP contribution in [0.2, 0.25) is 5.02 Å². The van der Waals surface area contributed by atoms with Crippen molar-refractivity contribution in [2.75, 3.05) is 25.9 Å². The molecule has 0 spiro atoms. The zero-order chi connectivity index (χ0) is 22.1. The van der Waals surface area contributed by atoms with Gasteiger partial charge in [-0.2, -0.15) is 10.4 Å². The number of para-hydroxylation sites is 1. The molecule has 0 unspecified atom stereocenters. The standard InChI is InChI=1S/C23H26ClN7.HI/c1-27-23(29-14-12-17-7-5-8-18(24)15-17)28-13-6-11-21-20(16-25)22(26)31(30-21)19-9-3-2-4-10-19;/h2-5,7-10,15H,6,11-14,26H2,1H3,(H2,27,28,29);1H. The van der Waals surface area contributed by atoms with Crippen LogP contribution >= 0.6 is 35.6 Å². The van der Waals surface area contributed by atoms with Gasteiger partial charge >= 0.3 is 0 Å². The number of rotatable bonds is 8. The average molecular weight is 564 g/mol. The van der Waals surface area contributed by atoms with Gasteiger partial charge in [-0.3, -0.25) is 4.99 Å². The molecule has 1 aromatic heterocycles. The predicted molar refractivity (Wildman–Crippen MR) is 141 cm³/mol. The Hall–Kier alpha value is -2.77. The van der Waals surface area contributed by atoms with Crippen molar-refractivity contribution in [2.45, 2.75) is 19.3 Å². The Morgan fingerprint density at radius 1 is 1.12 bits per heavy atom. The third kappa shape index (κ3) is 6.87. The summed E-state index contributed by atoms with van der Waals surface area (Å²) in [5.41, 5.74) is 9.31. The van der Waals surface area contributed by atoms with E-state index in [9.17, 15) is 5.26 Å². The van der Waals surface area contributed by atoms with Crippen molar-refractivity contribution >= 4 is 47.4 Å². The van der Waals surface area contributed by atoms with Gasteiger partial charge in [-0.05, 0) is 49.1 Å². The first kappa shape index (κ1) is 25.5. The van der Waals surface area contributed by atoms with Gasteiger partial charge in [0.25, 0.3) is 0 Å². The first-order valence-corrected chi connectivity index (χ1v) is 10.5. The Labute approximate surface area is 210 Å². The number of guanidine groups is 1. The maximum absolute atomic E-state index is 9.51. The maximum Gasteiger partial charge on any atom is 0.190 e. The number of nitrogens with two attached hydrogens (primary N) is 1. The summed E-state index contributed by atoms with van der Waals surface area (Å²) in [5.74, 6) is 1.10. The van der Waals surface area contributed by atoms with Crippen LogP contribution in [-0.2, 0) is 12.8 Å². The van der Waals surface area contributed by atoms with Crippen molar-refractivity contribution in [1.82, 2.24) is 20.4 Å². The van der Waals surface area contributed by atoms with Crippen molar-refractivity contribution in [3.05, 3.63) is 76.4 Å². The molecule has 0 bridgehead atoms. The molecule has 32 heavy (non-hydrogen) atoms. The van der Waals surface area contributed by atoms with Crippen molar-refractivity contribution in [3.63, 3.8) is 0 Å². The molecule has 0 saturated carbocycles. The largest absolute Gasteiger partial charge is 0.382 e. The molecule has 0 aliphatic carbocycles. The smallest absolute Gasteiger partial charge is 0.190 e. The number of nitrogens with zero attached hydrogens (tertiary/aromatic N) is 4. The van der Waals surface area contributed by atoms with Crippen LogP contribution in [0.4, 0.5) is 5.82 Å². The van der Waals surface area contributed by atoms with Crippen LogP contribution in [0.25, 0.3) is 5.69 Å². The molecule has 3 rings (SSSR count). The molecule has 3 aromatic rings. The van der Waals surface area contributed by atoms with Crippen molar-refractivity contribution in [3.8, 4) is 11.8 Å². The Balaban J connectivity index is 0.00000363.